The number of hydrogen-bond donors (Lipinski definition) is 4. The summed E-state index contributed by atoms with van der Waals surface area (Å²) in [6, 6.07) is 12.5. The number of nitrogens with one attached hydrogen (secondary N) is 3. The molecule has 1 atom stereocenters. The van der Waals surface area contributed by atoms with Gasteiger partial charge in [-0.3, -0.25) is 24.5 Å². The summed E-state index contributed by atoms with van der Waals surface area (Å²) < 4.78 is 11.2. The SMILES string of the molecule is COc1cc(C(=O)Nc2cccc(-c3nccc(-c4ccc(CNCC5CCC(=O)N5)c(OC)n4)c3Cl)c2Cl)ncc1CN1CCC(O)CC1. The molecule has 0 spiro atoms. The Morgan fingerprint density at radius 1 is 1.02 bits per heavy atom. The van der Waals surface area contributed by atoms with Gasteiger partial charge in [-0.15, -0.1) is 0 Å². The molecule has 2 aliphatic rings. The summed E-state index contributed by atoms with van der Waals surface area (Å²) in [4.78, 5) is 40.7. The molecule has 262 valence electrons. The van der Waals surface area contributed by atoms with E-state index in [0.29, 0.717) is 70.9 Å². The van der Waals surface area contributed by atoms with Gasteiger partial charge in [0.2, 0.25) is 11.8 Å². The Morgan fingerprint density at radius 2 is 1.84 bits per heavy atom. The first kappa shape index (κ1) is 35.5. The van der Waals surface area contributed by atoms with Crippen LogP contribution >= 0.6 is 23.2 Å². The number of pyridine rings is 3. The molecule has 0 saturated carbocycles. The minimum absolute atomic E-state index is 0.0818. The second-order valence-electron chi connectivity index (χ2n) is 12.3. The number of anilines is 1. The Labute approximate surface area is 300 Å². The lowest BCUT2D eigenvalue weighted by atomic mass is 10.1. The number of methoxy groups -OCH3 is 2. The van der Waals surface area contributed by atoms with E-state index in [2.05, 4.69) is 30.8 Å². The highest BCUT2D eigenvalue weighted by Gasteiger charge is 2.23. The van der Waals surface area contributed by atoms with E-state index in [4.69, 9.17) is 37.7 Å². The summed E-state index contributed by atoms with van der Waals surface area (Å²) in [5.41, 5.74) is 4.42. The highest BCUT2D eigenvalue weighted by molar-refractivity contribution is 6.39. The number of nitrogens with zero attached hydrogens (tertiary/aromatic N) is 4. The maximum atomic E-state index is 13.4. The minimum atomic E-state index is -0.457. The average Bonchev–Trinajstić information content (AvgIpc) is 3.55. The predicted octanol–water partition coefficient (Wildman–Crippen LogP) is 5.11. The smallest absolute Gasteiger partial charge is 0.274 e. The maximum Gasteiger partial charge on any atom is 0.274 e. The van der Waals surface area contributed by atoms with Crippen LogP contribution in [0.1, 0.15) is 47.3 Å². The molecule has 4 aromatic rings. The number of ether oxygens (including phenoxy) is 2. The Balaban J connectivity index is 1.17. The summed E-state index contributed by atoms with van der Waals surface area (Å²) in [6.07, 6.45) is 5.84. The second kappa shape index (κ2) is 16.1. The maximum absolute atomic E-state index is 13.4. The average molecular weight is 721 g/mol. The quantitative estimate of drug-likeness (QED) is 0.156. The van der Waals surface area contributed by atoms with E-state index < -0.39 is 5.91 Å². The molecule has 0 radical (unpaired) electrons. The highest BCUT2D eigenvalue weighted by Crippen LogP contribution is 2.40. The van der Waals surface area contributed by atoms with Crippen LogP contribution < -0.4 is 25.4 Å². The van der Waals surface area contributed by atoms with Gasteiger partial charge in [0.05, 0.1) is 47.4 Å². The van der Waals surface area contributed by atoms with Crippen LogP contribution in [0.5, 0.6) is 11.6 Å². The van der Waals surface area contributed by atoms with Crippen LogP contribution in [0.25, 0.3) is 22.5 Å². The second-order valence-corrected chi connectivity index (χ2v) is 13.1. The predicted molar refractivity (Wildman–Crippen MR) is 192 cm³/mol. The van der Waals surface area contributed by atoms with Crippen LogP contribution in [0.4, 0.5) is 5.69 Å². The molecule has 2 aliphatic heterocycles. The van der Waals surface area contributed by atoms with Gasteiger partial charge >= 0.3 is 0 Å². The molecule has 0 aliphatic carbocycles. The number of benzene rings is 1. The molecule has 2 amide bonds. The van der Waals surface area contributed by atoms with Gasteiger partial charge in [0, 0.05) is 85.9 Å². The van der Waals surface area contributed by atoms with Crippen molar-refractivity contribution in [1.82, 2.24) is 30.5 Å². The van der Waals surface area contributed by atoms with Gasteiger partial charge in [-0.1, -0.05) is 41.4 Å². The van der Waals surface area contributed by atoms with Crippen LogP contribution in [0.15, 0.2) is 54.9 Å². The first-order valence-electron chi connectivity index (χ1n) is 16.5. The molecule has 6 rings (SSSR count). The lowest BCUT2D eigenvalue weighted by molar-refractivity contribution is -0.119. The van der Waals surface area contributed by atoms with E-state index in [1.807, 2.05) is 12.1 Å². The van der Waals surface area contributed by atoms with Crippen LogP contribution in [-0.2, 0) is 17.9 Å². The summed E-state index contributed by atoms with van der Waals surface area (Å²) in [5, 5.41) is 19.6. The molecule has 1 unspecified atom stereocenters. The number of piperidine rings is 1. The van der Waals surface area contributed by atoms with Crippen LogP contribution in [0, 0.1) is 0 Å². The first-order valence-corrected chi connectivity index (χ1v) is 17.2. The summed E-state index contributed by atoms with van der Waals surface area (Å²) in [6.45, 7) is 3.34. The number of aromatic nitrogens is 3. The van der Waals surface area contributed by atoms with Crippen molar-refractivity contribution < 1.29 is 24.2 Å². The number of aliphatic hydroxyl groups excluding tert-OH is 1. The number of carbonyl (C=O) groups is 2. The number of hydrogen-bond acceptors (Lipinski definition) is 10. The van der Waals surface area contributed by atoms with Crippen molar-refractivity contribution in [3.05, 3.63) is 81.7 Å². The molecule has 4 N–H and O–H groups in total. The fraction of sp³-hybridized carbons (Fsp3) is 0.361. The molecule has 2 fully saturated rings. The molecular formula is C36H39Cl2N7O5. The number of rotatable bonds is 12. The van der Waals surface area contributed by atoms with Gasteiger partial charge in [0.25, 0.3) is 5.91 Å². The summed E-state index contributed by atoms with van der Waals surface area (Å²) in [5.74, 6) is 0.629. The number of likely N-dealkylation sites (tertiary alicyclic amines) is 1. The van der Waals surface area contributed by atoms with Crippen molar-refractivity contribution >= 4 is 40.7 Å². The Kier molecular flexibility index (Phi) is 11.5. The molecule has 3 aromatic heterocycles. The zero-order chi connectivity index (χ0) is 35.2. The Morgan fingerprint density at radius 3 is 2.58 bits per heavy atom. The Hall–Kier alpha value is -4.33. The first-order chi connectivity index (χ1) is 24.2. The van der Waals surface area contributed by atoms with E-state index in [1.54, 1.807) is 56.9 Å². The van der Waals surface area contributed by atoms with Crippen molar-refractivity contribution in [2.45, 2.75) is 50.9 Å². The summed E-state index contributed by atoms with van der Waals surface area (Å²) >= 11 is 13.8. The van der Waals surface area contributed by atoms with E-state index in [0.717, 1.165) is 43.5 Å². The third-order valence-electron chi connectivity index (χ3n) is 8.94. The third-order valence-corrected chi connectivity index (χ3v) is 9.73. The molecule has 14 heteroatoms. The largest absolute Gasteiger partial charge is 0.496 e. The van der Waals surface area contributed by atoms with E-state index >= 15 is 0 Å². The molecule has 0 bridgehead atoms. The van der Waals surface area contributed by atoms with E-state index in [-0.39, 0.29) is 28.8 Å². The van der Waals surface area contributed by atoms with Crippen molar-refractivity contribution in [2.75, 3.05) is 39.2 Å². The zero-order valence-corrected chi connectivity index (χ0v) is 29.4. The van der Waals surface area contributed by atoms with Gasteiger partial charge in [-0.2, -0.15) is 0 Å². The van der Waals surface area contributed by atoms with Gasteiger partial charge in [0.15, 0.2) is 0 Å². The van der Waals surface area contributed by atoms with Gasteiger partial charge in [-0.05, 0) is 37.5 Å². The molecule has 2 saturated heterocycles. The highest BCUT2D eigenvalue weighted by atomic mass is 35.5. The lowest BCUT2D eigenvalue weighted by Gasteiger charge is -2.29. The standard InChI is InChI=1S/C36H39Cl2N7O5/c1-49-30-16-29(41-18-22(30)20-45-14-11-24(46)12-15-45)35(48)43-28-5-3-4-26(32(28)37)34-33(38)25(10-13-40-34)27-8-6-21(36(44-27)50-2)17-39-19-23-7-9-31(47)42-23/h3-6,8,10,13,16,18,23-24,39,46H,7,9,11-12,14-15,17,19-20H2,1-2H3,(H,42,47)(H,43,48). The fourth-order valence-electron chi connectivity index (χ4n) is 6.19. The molecule has 12 nitrogen and oxygen atoms in total. The summed E-state index contributed by atoms with van der Waals surface area (Å²) in [7, 11) is 3.12. The number of carbonyl (C=O) groups excluding carboxylic acids is 2. The van der Waals surface area contributed by atoms with Crippen molar-refractivity contribution in [2.24, 2.45) is 0 Å². The van der Waals surface area contributed by atoms with Crippen LogP contribution in [0.2, 0.25) is 10.0 Å². The molecule has 50 heavy (non-hydrogen) atoms. The van der Waals surface area contributed by atoms with Crippen molar-refractivity contribution in [3.8, 4) is 34.1 Å². The number of aliphatic hydroxyl groups is 1. The minimum Gasteiger partial charge on any atom is -0.496 e. The molecule has 1 aromatic carbocycles. The van der Waals surface area contributed by atoms with Gasteiger partial charge in [0.1, 0.15) is 11.4 Å². The van der Waals surface area contributed by atoms with Crippen molar-refractivity contribution in [1.29, 1.82) is 0 Å². The number of halogens is 2. The lowest BCUT2D eigenvalue weighted by Crippen LogP contribution is -2.35. The van der Waals surface area contributed by atoms with E-state index in [9.17, 15) is 14.7 Å². The van der Waals surface area contributed by atoms with Crippen molar-refractivity contribution in [3.63, 3.8) is 0 Å². The third kappa shape index (κ3) is 8.17. The van der Waals surface area contributed by atoms with Crippen LogP contribution in [0.3, 0.4) is 0 Å². The normalized spacial score (nSPS) is 16.7. The van der Waals surface area contributed by atoms with Gasteiger partial charge < -0.3 is 30.5 Å². The zero-order valence-electron chi connectivity index (χ0n) is 27.8. The Bertz CT molecular complexity index is 1870. The number of amides is 2. The molecule has 5 heterocycles. The van der Waals surface area contributed by atoms with Gasteiger partial charge in [-0.25, -0.2) is 4.98 Å². The fourth-order valence-corrected chi connectivity index (χ4v) is 6.76. The topological polar surface area (TPSA) is 151 Å². The molecular weight excluding hydrogens is 681 g/mol. The van der Waals surface area contributed by atoms with Crippen LogP contribution in [-0.4, -0.2) is 82.8 Å². The van der Waals surface area contributed by atoms with E-state index in [1.165, 1.54) is 0 Å². The monoisotopic (exact) mass is 719 g/mol.